The number of hydrogen-bond acceptors (Lipinski definition) is 6. The van der Waals surface area contributed by atoms with Crippen LogP contribution in [0.5, 0.6) is 0 Å². The summed E-state index contributed by atoms with van der Waals surface area (Å²) in [5.41, 5.74) is 3.58. The first kappa shape index (κ1) is 22.9. The van der Waals surface area contributed by atoms with E-state index in [-0.39, 0.29) is 17.7 Å². The molecule has 3 aromatic rings. The van der Waals surface area contributed by atoms with Gasteiger partial charge in [-0.1, -0.05) is 18.2 Å². The van der Waals surface area contributed by atoms with Crippen molar-refractivity contribution >= 4 is 35.0 Å². The van der Waals surface area contributed by atoms with Gasteiger partial charge in [-0.3, -0.25) is 14.4 Å². The van der Waals surface area contributed by atoms with Crippen molar-refractivity contribution in [3.05, 3.63) is 66.4 Å². The Morgan fingerprint density at radius 2 is 1.56 bits per heavy atom. The third-order valence-electron chi connectivity index (χ3n) is 5.53. The molecule has 34 heavy (non-hydrogen) atoms. The minimum absolute atomic E-state index is 0.0317. The van der Waals surface area contributed by atoms with Crippen LogP contribution in [0.15, 0.2) is 60.8 Å². The van der Waals surface area contributed by atoms with Crippen LogP contribution in [0.4, 0.5) is 17.3 Å². The van der Waals surface area contributed by atoms with Crippen molar-refractivity contribution in [3.63, 3.8) is 0 Å². The van der Waals surface area contributed by atoms with E-state index in [1.54, 1.807) is 41.1 Å². The molecule has 0 bridgehead atoms. The monoisotopic (exact) mass is 458 g/mol. The second-order valence-electron chi connectivity index (χ2n) is 8.03. The Kier molecular flexibility index (Phi) is 6.82. The number of hydrogen-bond donors (Lipinski definition) is 2. The van der Waals surface area contributed by atoms with E-state index in [0.29, 0.717) is 49.1 Å². The average Bonchev–Trinajstić information content (AvgIpc) is 2.84. The highest BCUT2D eigenvalue weighted by molar-refractivity contribution is 5.95. The van der Waals surface area contributed by atoms with Crippen LogP contribution in [-0.2, 0) is 9.59 Å². The van der Waals surface area contributed by atoms with E-state index in [1.807, 2.05) is 36.4 Å². The molecule has 0 aliphatic carbocycles. The number of nitrogens with one attached hydrogen (secondary N) is 2. The number of anilines is 3. The van der Waals surface area contributed by atoms with Crippen LogP contribution in [0.1, 0.15) is 24.2 Å². The summed E-state index contributed by atoms with van der Waals surface area (Å²) in [6, 6.07) is 16.4. The van der Waals surface area contributed by atoms with Gasteiger partial charge in [0, 0.05) is 68.7 Å². The lowest BCUT2D eigenvalue weighted by Crippen LogP contribution is -2.50. The molecule has 1 aromatic heterocycles. The highest BCUT2D eigenvalue weighted by atomic mass is 16.2. The standard InChI is InChI=1S/C25H26N6O3/c1-17(32)27-21-8-6-19(7-9-21)23-10-11-26-25(29-23)28-22-5-3-4-20(16-22)24(34)31-14-12-30(13-15-31)18(2)33/h3-11,16H,12-15H2,1-2H3,(H,27,32)(H,26,28,29). The third kappa shape index (κ3) is 5.55. The zero-order valence-electron chi connectivity index (χ0n) is 19.1. The molecule has 0 radical (unpaired) electrons. The van der Waals surface area contributed by atoms with Crippen LogP contribution in [0, 0.1) is 0 Å². The molecule has 2 heterocycles. The van der Waals surface area contributed by atoms with Gasteiger partial charge in [-0.05, 0) is 36.4 Å². The number of piperazine rings is 1. The van der Waals surface area contributed by atoms with Crippen LogP contribution in [0.25, 0.3) is 11.3 Å². The fourth-order valence-corrected chi connectivity index (χ4v) is 3.77. The van der Waals surface area contributed by atoms with Crippen molar-refractivity contribution in [2.45, 2.75) is 13.8 Å². The first-order chi connectivity index (χ1) is 16.4. The minimum atomic E-state index is -0.125. The predicted octanol–water partition coefficient (Wildman–Crippen LogP) is 3.15. The molecule has 174 valence electrons. The topological polar surface area (TPSA) is 108 Å². The number of benzene rings is 2. The Bertz CT molecular complexity index is 1200. The van der Waals surface area contributed by atoms with Crippen LogP contribution >= 0.6 is 0 Å². The Hall–Kier alpha value is -4.27. The van der Waals surface area contributed by atoms with Crippen LogP contribution < -0.4 is 10.6 Å². The van der Waals surface area contributed by atoms with E-state index in [2.05, 4.69) is 20.6 Å². The van der Waals surface area contributed by atoms with E-state index < -0.39 is 0 Å². The molecule has 1 fully saturated rings. The van der Waals surface area contributed by atoms with Crippen LogP contribution in [0.2, 0.25) is 0 Å². The maximum atomic E-state index is 13.0. The summed E-state index contributed by atoms with van der Waals surface area (Å²) in [5.74, 6) is 0.244. The summed E-state index contributed by atoms with van der Waals surface area (Å²) in [5, 5.41) is 5.91. The summed E-state index contributed by atoms with van der Waals surface area (Å²) in [6.45, 7) is 5.14. The second-order valence-corrected chi connectivity index (χ2v) is 8.03. The average molecular weight is 459 g/mol. The van der Waals surface area contributed by atoms with Gasteiger partial charge >= 0.3 is 0 Å². The lowest BCUT2D eigenvalue weighted by atomic mass is 10.1. The number of amides is 3. The van der Waals surface area contributed by atoms with Gasteiger partial charge in [0.15, 0.2) is 0 Å². The predicted molar refractivity (Wildman–Crippen MR) is 130 cm³/mol. The van der Waals surface area contributed by atoms with Crippen molar-refractivity contribution in [3.8, 4) is 11.3 Å². The molecule has 0 atom stereocenters. The van der Waals surface area contributed by atoms with Crippen LogP contribution in [0.3, 0.4) is 0 Å². The van der Waals surface area contributed by atoms with Crippen molar-refractivity contribution in [2.24, 2.45) is 0 Å². The largest absolute Gasteiger partial charge is 0.339 e. The molecule has 9 heteroatoms. The molecule has 2 N–H and O–H groups in total. The van der Waals surface area contributed by atoms with E-state index in [0.717, 1.165) is 11.3 Å². The Labute approximate surface area is 197 Å². The van der Waals surface area contributed by atoms with Crippen molar-refractivity contribution in [1.29, 1.82) is 0 Å². The maximum Gasteiger partial charge on any atom is 0.254 e. The van der Waals surface area contributed by atoms with E-state index >= 15 is 0 Å². The molecule has 0 saturated carbocycles. The summed E-state index contributed by atoms with van der Waals surface area (Å²) in [7, 11) is 0. The highest BCUT2D eigenvalue weighted by Crippen LogP contribution is 2.22. The van der Waals surface area contributed by atoms with E-state index in [4.69, 9.17) is 0 Å². The lowest BCUT2D eigenvalue weighted by molar-refractivity contribution is -0.130. The molecule has 1 saturated heterocycles. The van der Waals surface area contributed by atoms with E-state index in [1.165, 1.54) is 6.92 Å². The lowest BCUT2D eigenvalue weighted by Gasteiger charge is -2.34. The van der Waals surface area contributed by atoms with E-state index in [9.17, 15) is 14.4 Å². The van der Waals surface area contributed by atoms with Gasteiger partial charge < -0.3 is 20.4 Å². The molecule has 1 aliphatic heterocycles. The van der Waals surface area contributed by atoms with Gasteiger partial charge in [0.2, 0.25) is 17.8 Å². The van der Waals surface area contributed by atoms with Crippen molar-refractivity contribution < 1.29 is 14.4 Å². The molecule has 4 rings (SSSR count). The molecular formula is C25H26N6O3. The minimum Gasteiger partial charge on any atom is -0.339 e. The Morgan fingerprint density at radius 1 is 0.853 bits per heavy atom. The molecule has 2 aromatic carbocycles. The summed E-state index contributed by atoms with van der Waals surface area (Å²) in [4.78, 5) is 48.1. The van der Waals surface area contributed by atoms with Gasteiger partial charge in [-0.2, -0.15) is 0 Å². The Balaban J connectivity index is 1.45. The molecule has 9 nitrogen and oxygen atoms in total. The van der Waals surface area contributed by atoms with Gasteiger partial charge in [0.05, 0.1) is 5.69 Å². The quantitative estimate of drug-likeness (QED) is 0.608. The number of carbonyl (C=O) groups is 3. The zero-order valence-corrected chi connectivity index (χ0v) is 19.1. The SMILES string of the molecule is CC(=O)Nc1ccc(-c2ccnc(Nc3cccc(C(=O)N4CCN(C(C)=O)CC4)c3)n2)cc1. The first-order valence-corrected chi connectivity index (χ1v) is 11.0. The van der Waals surface area contributed by atoms with Crippen LogP contribution in [-0.4, -0.2) is 63.7 Å². The molecule has 3 amide bonds. The zero-order chi connectivity index (χ0) is 24.1. The number of rotatable bonds is 5. The number of nitrogens with zero attached hydrogens (tertiary/aromatic N) is 4. The van der Waals surface area contributed by atoms with Gasteiger partial charge in [0.1, 0.15) is 0 Å². The summed E-state index contributed by atoms with van der Waals surface area (Å²) >= 11 is 0. The third-order valence-corrected chi connectivity index (χ3v) is 5.53. The molecule has 0 spiro atoms. The number of carbonyl (C=O) groups excluding carboxylic acids is 3. The summed E-state index contributed by atoms with van der Waals surface area (Å²) < 4.78 is 0. The van der Waals surface area contributed by atoms with Gasteiger partial charge in [0.25, 0.3) is 5.91 Å². The Morgan fingerprint density at radius 3 is 2.24 bits per heavy atom. The molecular weight excluding hydrogens is 432 g/mol. The van der Waals surface area contributed by atoms with Crippen molar-refractivity contribution in [1.82, 2.24) is 19.8 Å². The fourth-order valence-electron chi connectivity index (χ4n) is 3.77. The normalized spacial score (nSPS) is 13.4. The highest BCUT2D eigenvalue weighted by Gasteiger charge is 2.23. The molecule has 1 aliphatic rings. The maximum absolute atomic E-state index is 13.0. The smallest absolute Gasteiger partial charge is 0.254 e. The second kappa shape index (κ2) is 10.1. The van der Waals surface area contributed by atoms with Gasteiger partial charge in [-0.15, -0.1) is 0 Å². The molecule has 0 unspecified atom stereocenters. The van der Waals surface area contributed by atoms with Gasteiger partial charge in [-0.25, -0.2) is 9.97 Å². The number of aromatic nitrogens is 2. The van der Waals surface area contributed by atoms with Crippen molar-refractivity contribution in [2.75, 3.05) is 36.8 Å². The first-order valence-electron chi connectivity index (χ1n) is 11.0. The summed E-state index contributed by atoms with van der Waals surface area (Å²) in [6.07, 6.45) is 1.66. The fraction of sp³-hybridized carbons (Fsp3) is 0.240.